The molecule has 0 aliphatic carbocycles. The Labute approximate surface area is 130 Å². The average molecular weight is 387 g/mol. The molecule has 0 unspecified atom stereocenters. The number of nitrogens with zero attached hydrogens (tertiary/aromatic N) is 2. The van der Waals surface area contributed by atoms with Gasteiger partial charge in [-0.15, -0.1) is 0 Å². The molecule has 0 aliphatic rings. The summed E-state index contributed by atoms with van der Waals surface area (Å²) >= 11 is 2.09. The molecule has 0 saturated heterocycles. The normalized spacial score (nSPS) is 10.6. The second kappa shape index (κ2) is 6.23. The average Bonchev–Trinajstić information content (AvgIpc) is 2.44. The van der Waals surface area contributed by atoms with E-state index in [1.165, 1.54) is 13.2 Å². The Morgan fingerprint density at radius 3 is 2.70 bits per heavy atom. The molecule has 7 heteroatoms. The third-order valence-electron chi connectivity index (χ3n) is 2.66. The van der Waals surface area contributed by atoms with E-state index in [1.54, 1.807) is 19.2 Å². The van der Waals surface area contributed by atoms with E-state index in [1.807, 2.05) is 0 Å². The number of phenolic OH excluding ortho intramolecular Hbond substituents is 1. The largest absolute Gasteiger partial charge is 0.504 e. The number of anilines is 1. The van der Waals surface area contributed by atoms with Gasteiger partial charge in [-0.25, -0.2) is 9.97 Å². The highest BCUT2D eigenvalue weighted by atomic mass is 127. The molecular weight excluding hydrogens is 373 g/mol. The van der Waals surface area contributed by atoms with E-state index in [-0.39, 0.29) is 5.75 Å². The van der Waals surface area contributed by atoms with Crippen LogP contribution in [0.5, 0.6) is 11.5 Å². The van der Waals surface area contributed by atoms with Crippen LogP contribution in [0.2, 0.25) is 0 Å². The summed E-state index contributed by atoms with van der Waals surface area (Å²) in [4.78, 5) is 8.69. The molecule has 0 radical (unpaired) electrons. The fourth-order valence-electron chi connectivity index (χ4n) is 1.69. The van der Waals surface area contributed by atoms with Crippen LogP contribution in [0.25, 0.3) is 11.4 Å². The molecule has 6 nitrogen and oxygen atoms in total. The zero-order chi connectivity index (χ0) is 14.7. The minimum absolute atomic E-state index is 0.0619. The van der Waals surface area contributed by atoms with E-state index >= 15 is 0 Å². The van der Waals surface area contributed by atoms with Crippen molar-refractivity contribution in [1.82, 2.24) is 9.97 Å². The summed E-state index contributed by atoms with van der Waals surface area (Å²) in [5.41, 5.74) is 7.33. The first kappa shape index (κ1) is 14.8. The summed E-state index contributed by atoms with van der Waals surface area (Å²) in [6.07, 6.45) is 0. The molecule has 2 aromatic rings. The Morgan fingerprint density at radius 2 is 2.05 bits per heavy atom. The van der Waals surface area contributed by atoms with Gasteiger partial charge in [0.05, 0.1) is 23.0 Å². The number of hydrogen-bond donors (Lipinski definition) is 2. The minimum Gasteiger partial charge on any atom is -0.504 e. The van der Waals surface area contributed by atoms with E-state index in [0.717, 1.165) is 9.26 Å². The minimum atomic E-state index is 0.0619. The summed E-state index contributed by atoms with van der Waals surface area (Å²) in [6.45, 7) is 0.354. The molecule has 1 aromatic carbocycles. The fraction of sp³-hybridized carbons (Fsp3) is 0.231. The summed E-state index contributed by atoms with van der Waals surface area (Å²) in [6, 6.07) is 4.89. The molecule has 0 saturated carbocycles. The zero-order valence-corrected chi connectivity index (χ0v) is 13.2. The predicted molar refractivity (Wildman–Crippen MR) is 83.5 cm³/mol. The Hall–Kier alpha value is -1.61. The first-order valence-electron chi connectivity index (χ1n) is 5.75. The van der Waals surface area contributed by atoms with Crippen molar-refractivity contribution < 1.29 is 14.6 Å². The van der Waals surface area contributed by atoms with Crippen molar-refractivity contribution in [2.45, 2.75) is 6.61 Å². The SMILES string of the molecule is COCc1nc(-c2ccc(O)c(OC)c2)nc(N)c1I. The summed E-state index contributed by atoms with van der Waals surface area (Å²) in [7, 11) is 3.08. The molecule has 0 amide bonds. The molecule has 0 fully saturated rings. The quantitative estimate of drug-likeness (QED) is 0.782. The standard InChI is InChI=1S/C13H14IN3O3/c1-19-6-8-11(14)12(15)17-13(16-8)7-3-4-9(18)10(5-7)20-2/h3-5,18H,6H2,1-2H3,(H2,15,16,17). The molecule has 2 rings (SSSR count). The fourth-order valence-corrected chi connectivity index (χ4v) is 2.09. The second-order valence-electron chi connectivity index (χ2n) is 4.01. The van der Waals surface area contributed by atoms with Crippen LogP contribution in [0.15, 0.2) is 18.2 Å². The number of ether oxygens (including phenoxy) is 2. The molecule has 1 aromatic heterocycles. The number of aromatic hydroxyl groups is 1. The van der Waals surface area contributed by atoms with E-state index in [4.69, 9.17) is 15.2 Å². The summed E-state index contributed by atoms with van der Waals surface area (Å²) in [5.74, 6) is 1.28. The number of aromatic nitrogens is 2. The molecule has 106 valence electrons. The maximum absolute atomic E-state index is 9.61. The van der Waals surface area contributed by atoms with Crippen molar-refractivity contribution in [2.75, 3.05) is 20.0 Å². The zero-order valence-electron chi connectivity index (χ0n) is 11.1. The van der Waals surface area contributed by atoms with Gasteiger partial charge in [-0.2, -0.15) is 0 Å². The number of rotatable bonds is 4. The van der Waals surface area contributed by atoms with E-state index < -0.39 is 0 Å². The van der Waals surface area contributed by atoms with E-state index in [9.17, 15) is 5.11 Å². The van der Waals surface area contributed by atoms with Crippen molar-refractivity contribution >= 4 is 28.4 Å². The Morgan fingerprint density at radius 1 is 1.30 bits per heavy atom. The maximum atomic E-state index is 9.61. The lowest BCUT2D eigenvalue weighted by Crippen LogP contribution is -2.06. The van der Waals surface area contributed by atoms with E-state index in [0.29, 0.717) is 29.6 Å². The van der Waals surface area contributed by atoms with Crippen LogP contribution in [-0.4, -0.2) is 29.3 Å². The molecule has 3 N–H and O–H groups in total. The number of hydrogen-bond acceptors (Lipinski definition) is 6. The number of nitrogen functional groups attached to an aromatic ring is 1. The number of halogens is 1. The van der Waals surface area contributed by atoms with Gasteiger partial charge in [0.1, 0.15) is 5.82 Å². The van der Waals surface area contributed by atoms with E-state index in [2.05, 4.69) is 32.6 Å². The van der Waals surface area contributed by atoms with Crippen LogP contribution in [0, 0.1) is 3.57 Å². The third kappa shape index (κ3) is 2.93. The third-order valence-corrected chi connectivity index (χ3v) is 3.84. The monoisotopic (exact) mass is 387 g/mol. The van der Waals surface area contributed by atoms with Crippen LogP contribution < -0.4 is 10.5 Å². The Balaban J connectivity index is 2.52. The summed E-state index contributed by atoms with van der Waals surface area (Å²) in [5, 5.41) is 9.61. The van der Waals surface area contributed by atoms with Gasteiger partial charge < -0.3 is 20.3 Å². The lowest BCUT2D eigenvalue weighted by molar-refractivity contribution is 0.181. The number of nitrogens with two attached hydrogens (primary N) is 1. The molecule has 0 aliphatic heterocycles. The Kier molecular flexibility index (Phi) is 4.61. The smallest absolute Gasteiger partial charge is 0.162 e. The predicted octanol–water partition coefficient (Wildman–Crippen LogP) is 2.19. The highest BCUT2D eigenvalue weighted by molar-refractivity contribution is 14.1. The number of benzene rings is 1. The molecule has 0 bridgehead atoms. The lowest BCUT2D eigenvalue weighted by atomic mass is 10.2. The lowest BCUT2D eigenvalue weighted by Gasteiger charge is -2.10. The van der Waals surface area contributed by atoms with Gasteiger partial charge in [0, 0.05) is 12.7 Å². The molecule has 0 atom stereocenters. The first-order valence-corrected chi connectivity index (χ1v) is 6.83. The van der Waals surface area contributed by atoms with Crippen LogP contribution in [-0.2, 0) is 11.3 Å². The summed E-state index contributed by atoms with van der Waals surface area (Å²) < 4.78 is 11.0. The van der Waals surface area contributed by atoms with Crippen molar-refractivity contribution in [3.05, 3.63) is 27.5 Å². The van der Waals surface area contributed by atoms with Gasteiger partial charge >= 0.3 is 0 Å². The van der Waals surface area contributed by atoms with Gasteiger partial charge in [-0.3, -0.25) is 0 Å². The topological polar surface area (TPSA) is 90.5 Å². The highest BCUT2D eigenvalue weighted by Crippen LogP contribution is 2.31. The van der Waals surface area contributed by atoms with Gasteiger partial charge in [0.25, 0.3) is 0 Å². The van der Waals surface area contributed by atoms with Gasteiger partial charge in [-0.05, 0) is 40.8 Å². The number of methoxy groups -OCH3 is 2. The van der Waals surface area contributed by atoms with Crippen molar-refractivity contribution in [2.24, 2.45) is 0 Å². The van der Waals surface area contributed by atoms with Crippen LogP contribution >= 0.6 is 22.6 Å². The number of phenols is 1. The van der Waals surface area contributed by atoms with Gasteiger partial charge in [-0.1, -0.05) is 0 Å². The second-order valence-corrected chi connectivity index (χ2v) is 5.09. The van der Waals surface area contributed by atoms with Gasteiger partial charge in [0.15, 0.2) is 17.3 Å². The van der Waals surface area contributed by atoms with Crippen LogP contribution in [0.4, 0.5) is 5.82 Å². The Bertz CT molecular complexity index is 634. The highest BCUT2D eigenvalue weighted by Gasteiger charge is 2.13. The first-order chi connectivity index (χ1) is 9.56. The molecule has 20 heavy (non-hydrogen) atoms. The van der Waals surface area contributed by atoms with Crippen molar-refractivity contribution in [1.29, 1.82) is 0 Å². The molecule has 1 heterocycles. The maximum Gasteiger partial charge on any atom is 0.162 e. The van der Waals surface area contributed by atoms with Crippen molar-refractivity contribution in [3.63, 3.8) is 0 Å². The molecule has 0 spiro atoms. The van der Waals surface area contributed by atoms with Crippen molar-refractivity contribution in [3.8, 4) is 22.9 Å². The molecular formula is C13H14IN3O3. The van der Waals surface area contributed by atoms with Gasteiger partial charge in [0.2, 0.25) is 0 Å². The van der Waals surface area contributed by atoms with Crippen LogP contribution in [0.1, 0.15) is 5.69 Å². The van der Waals surface area contributed by atoms with Crippen LogP contribution in [0.3, 0.4) is 0 Å².